The zero-order chi connectivity index (χ0) is 74.7. The lowest BCUT2D eigenvalue weighted by Crippen LogP contribution is -2.77. The lowest BCUT2D eigenvalue weighted by Gasteiger charge is -2.45. The molecule has 0 aliphatic carbocycles. The van der Waals surface area contributed by atoms with Gasteiger partial charge in [-0.2, -0.15) is 101 Å². The maximum absolute atomic E-state index is 14.5. The number of alkyl halides is 23. The number of hydrogen-bond acceptors (Lipinski definition) is 3. The lowest BCUT2D eigenvalue weighted by molar-refractivity contribution is -0.478. The van der Waals surface area contributed by atoms with Gasteiger partial charge in [-0.05, 0) is 108 Å². The first-order chi connectivity index (χ1) is 46.3. The van der Waals surface area contributed by atoms with Crippen LogP contribution in [-0.4, -0.2) is 84.6 Å². The predicted octanol–water partition coefficient (Wildman–Crippen LogP) is 20.6. The first-order valence-corrected chi connectivity index (χ1v) is 30.1. The van der Waals surface area contributed by atoms with Gasteiger partial charge < -0.3 is 9.47 Å². The fourth-order valence-electron chi connectivity index (χ4n) is 9.07. The Morgan fingerprint density at radius 3 is 0.800 bits per heavy atom. The maximum Gasteiger partial charge on any atom is 0.460 e. The second-order valence-electron chi connectivity index (χ2n) is 23.2. The third-order valence-corrected chi connectivity index (χ3v) is 15.3. The highest BCUT2D eigenvalue weighted by Crippen LogP contribution is 2.67. The molecule has 0 amide bonds. The molecule has 0 heterocycles. The molecule has 0 N–H and O–H groups in total. The number of ether oxygens (including phenoxy) is 2. The van der Waals surface area contributed by atoms with Gasteiger partial charge in [0, 0.05) is 34.2 Å². The van der Waals surface area contributed by atoms with Gasteiger partial charge in [0.05, 0.1) is 34.4 Å². The van der Waals surface area contributed by atoms with Gasteiger partial charge >= 0.3 is 71.4 Å². The van der Waals surface area contributed by atoms with Gasteiger partial charge in [0.25, 0.3) is 0 Å². The summed E-state index contributed by atoms with van der Waals surface area (Å²) in [5, 5.41) is 0. The molecule has 0 saturated heterocycles. The average Bonchev–Trinajstić information content (AvgIpc) is 0.685. The van der Waals surface area contributed by atoms with Crippen LogP contribution in [0.2, 0.25) is 0 Å². The molecule has 0 spiro atoms. The van der Waals surface area contributed by atoms with Crippen molar-refractivity contribution in [3.63, 3.8) is 0 Å². The molecule has 532 valence electrons. The highest BCUT2D eigenvalue weighted by atomic mass is 19.4. The standard InChI is InChI=1S/C74H57F23O3/c1-47-15-25-52(26-16-47)35-40-57-58(41-36-53-27-17-48(2)18-28-53)60(43-38-55-31-21-50(4)22-32-55)63(61(44-39-56-33-23-51(5)24-34-56)59(57)42-37-54-29-19-49(3)20-30-54)99-45-13-11-9-7-6-8-10-12-14-62(98)100-46-64(75,76)65(77,78)66(79,80)67(81,82)68(83,84)69(85,86)70(87,88)71(89,90)72(91,92)73(93,94)74(95,96)97/h15-34H,6-14,45-46H2,1-5H3. The molecule has 3 nitrogen and oxygen atoms in total. The van der Waals surface area contributed by atoms with Gasteiger partial charge in [-0.25, -0.2) is 0 Å². The molecule has 6 aromatic rings. The second kappa shape index (κ2) is 31.1. The molecular formula is C74H57F23O3. The molecular weight excluding hydrogens is 1370 g/mol. The molecule has 100 heavy (non-hydrogen) atoms. The summed E-state index contributed by atoms with van der Waals surface area (Å²) in [7, 11) is 0. The monoisotopic (exact) mass is 1430 g/mol. The van der Waals surface area contributed by atoms with Crippen molar-refractivity contribution in [1.82, 2.24) is 0 Å². The van der Waals surface area contributed by atoms with Crippen LogP contribution in [0, 0.1) is 93.8 Å². The third-order valence-electron chi connectivity index (χ3n) is 15.3. The number of hydrogen-bond donors (Lipinski definition) is 0. The van der Waals surface area contributed by atoms with Gasteiger partial charge in [0.2, 0.25) is 0 Å². The van der Waals surface area contributed by atoms with E-state index in [1.807, 2.05) is 156 Å². The third kappa shape index (κ3) is 17.1. The zero-order valence-corrected chi connectivity index (χ0v) is 53.2. The summed E-state index contributed by atoms with van der Waals surface area (Å²) in [5.74, 6) is -57.4. The molecule has 0 atom stereocenters. The largest absolute Gasteiger partial charge is 0.491 e. The smallest absolute Gasteiger partial charge is 0.460 e. The van der Waals surface area contributed by atoms with E-state index in [0.717, 1.165) is 27.8 Å². The van der Waals surface area contributed by atoms with E-state index in [1.54, 1.807) is 0 Å². The molecule has 0 aliphatic rings. The highest BCUT2D eigenvalue weighted by molar-refractivity contribution is 5.78. The van der Waals surface area contributed by atoms with Gasteiger partial charge in [0.15, 0.2) is 12.4 Å². The number of unbranched alkanes of at least 4 members (excludes halogenated alkanes) is 7. The van der Waals surface area contributed by atoms with Crippen LogP contribution in [0.1, 0.15) is 141 Å². The van der Waals surface area contributed by atoms with E-state index in [1.165, 1.54) is 0 Å². The Labute approximate surface area is 560 Å². The van der Waals surface area contributed by atoms with Crippen molar-refractivity contribution in [2.45, 2.75) is 158 Å². The van der Waals surface area contributed by atoms with Crippen LogP contribution in [0.3, 0.4) is 0 Å². The van der Waals surface area contributed by atoms with Crippen LogP contribution < -0.4 is 4.74 Å². The Hall–Kier alpha value is -9.22. The minimum Gasteiger partial charge on any atom is -0.491 e. The van der Waals surface area contributed by atoms with Crippen molar-refractivity contribution in [2.75, 3.05) is 13.2 Å². The number of halogens is 23. The molecule has 6 aromatic carbocycles. The Bertz CT molecular complexity index is 4040. The summed E-state index contributed by atoms with van der Waals surface area (Å²) >= 11 is 0. The molecule has 0 saturated carbocycles. The second-order valence-corrected chi connectivity index (χ2v) is 23.2. The van der Waals surface area contributed by atoms with Crippen molar-refractivity contribution in [3.8, 4) is 65.0 Å². The Balaban J connectivity index is 1.19. The van der Waals surface area contributed by atoms with E-state index in [0.29, 0.717) is 87.7 Å². The van der Waals surface area contributed by atoms with Crippen molar-refractivity contribution in [3.05, 3.63) is 205 Å². The van der Waals surface area contributed by atoms with Gasteiger partial charge in [-0.15, -0.1) is 0 Å². The van der Waals surface area contributed by atoms with E-state index in [9.17, 15) is 106 Å². The topological polar surface area (TPSA) is 35.5 Å². The van der Waals surface area contributed by atoms with Crippen molar-refractivity contribution in [2.24, 2.45) is 0 Å². The molecule has 0 radical (unpaired) electrons. The summed E-state index contributed by atoms with van der Waals surface area (Å²) in [4.78, 5) is 12.2. The Morgan fingerprint density at radius 2 is 0.520 bits per heavy atom. The quantitative estimate of drug-likeness (QED) is 0.0278. The van der Waals surface area contributed by atoms with E-state index < -0.39 is 84.4 Å². The van der Waals surface area contributed by atoms with Crippen molar-refractivity contribution < 1.29 is 115 Å². The van der Waals surface area contributed by atoms with Gasteiger partial charge in [0.1, 0.15) is 0 Å². The molecule has 0 fully saturated rings. The molecule has 0 aromatic heterocycles. The van der Waals surface area contributed by atoms with E-state index in [2.05, 4.69) is 63.9 Å². The highest BCUT2D eigenvalue weighted by Gasteiger charge is 2.99. The maximum atomic E-state index is 14.5. The van der Waals surface area contributed by atoms with Crippen LogP contribution in [0.25, 0.3) is 0 Å². The fourth-order valence-corrected chi connectivity index (χ4v) is 9.07. The van der Waals surface area contributed by atoms with Gasteiger partial charge in [-0.1, -0.05) is 186 Å². The van der Waals surface area contributed by atoms with Crippen LogP contribution in [0.4, 0.5) is 101 Å². The fraction of sp³-hybridized carbons (Fsp3) is 0.365. The first-order valence-electron chi connectivity index (χ1n) is 30.1. The van der Waals surface area contributed by atoms with Crippen LogP contribution in [0.15, 0.2) is 121 Å². The van der Waals surface area contributed by atoms with E-state index in [4.69, 9.17) is 4.74 Å². The number of carbonyl (C=O) groups excluding carboxylic acids is 1. The minimum atomic E-state index is -9.51. The summed E-state index contributed by atoms with van der Waals surface area (Å²) in [6, 6.07) is 37.8. The minimum absolute atomic E-state index is 0.0241. The van der Waals surface area contributed by atoms with Crippen LogP contribution >= 0.6 is 0 Å². The Morgan fingerprint density at radius 1 is 0.290 bits per heavy atom. The molecule has 0 unspecified atom stereocenters. The number of carbonyl (C=O) groups is 1. The predicted molar refractivity (Wildman–Crippen MR) is 326 cm³/mol. The van der Waals surface area contributed by atoms with Crippen LogP contribution in [0.5, 0.6) is 5.75 Å². The van der Waals surface area contributed by atoms with E-state index >= 15 is 0 Å². The molecule has 0 aliphatic heterocycles. The van der Waals surface area contributed by atoms with Gasteiger partial charge in [-0.3, -0.25) is 4.79 Å². The van der Waals surface area contributed by atoms with E-state index in [-0.39, 0.29) is 31.6 Å². The van der Waals surface area contributed by atoms with Crippen molar-refractivity contribution in [1.29, 1.82) is 0 Å². The normalized spacial score (nSPS) is 12.7. The molecule has 26 heteroatoms. The summed E-state index contributed by atoms with van der Waals surface area (Å²) < 4.78 is 329. The summed E-state index contributed by atoms with van der Waals surface area (Å²) in [6.45, 7) is 6.24. The van der Waals surface area contributed by atoms with Crippen molar-refractivity contribution >= 4 is 5.97 Å². The number of rotatable bonds is 23. The SMILES string of the molecule is Cc1ccc(C#Cc2c(C#Cc3ccc(C)cc3)c(C#Cc3ccc(C)cc3)c(OCCCCCCCCCCC(=O)OCC(F)(F)C(F)(F)C(F)(F)C(F)(F)C(F)(F)C(F)(F)C(F)(F)C(F)(F)C(F)(F)C(F)(F)C(F)(F)F)c(C#Cc3ccc(C)cc3)c2C#Cc2ccc(C)cc2)cc1. The van der Waals surface area contributed by atoms with Crippen LogP contribution in [-0.2, 0) is 9.53 Å². The summed E-state index contributed by atoms with van der Waals surface area (Å²) in [5.41, 5.74) is 10.3. The molecule has 6 rings (SSSR count). The number of aryl methyl sites for hydroxylation is 5. The Kier molecular flexibility index (Phi) is 24.8. The number of esters is 1. The average molecular weight is 1430 g/mol. The zero-order valence-electron chi connectivity index (χ0n) is 53.2. The number of benzene rings is 6. The molecule has 0 bridgehead atoms. The summed E-state index contributed by atoms with van der Waals surface area (Å²) in [6.07, 6.45) is -6.86. The lowest BCUT2D eigenvalue weighted by atomic mass is 9.85. The first kappa shape index (κ1) is 79.8.